The topological polar surface area (TPSA) is 259 Å². The zero-order valence-corrected chi connectivity index (χ0v) is 50.6. The molecule has 6 fully saturated rings. The Morgan fingerprint density at radius 3 is 1.59 bits per heavy atom. The Morgan fingerprint density at radius 2 is 1.10 bits per heavy atom. The van der Waals surface area contributed by atoms with E-state index in [0.29, 0.717) is 48.3 Å². The number of epoxide rings is 2. The van der Waals surface area contributed by atoms with Gasteiger partial charge < -0.3 is 50.8 Å². The van der Waals surface area contributed by atoms with Crippen LogP contribution in [0.15, 0.2) is 42.5 Å². The molecule has 10 atom stereocenters. The minimum Gasteiger partial charge on any atom is -0.497 e. The van der Waals surface area contributed by atoms with Gasteiger partial charge in [-0.3, -0.25) is 48.2 Å². The number of alkyl halides is 5. The van der Waals surface area contributed by atoms with E-state index in [2.05, 4.69) is 31.9 Å². The molecule has 480 valence electrons. The first-order valence-electron chi connectivity index (χ1n) is 30.5. The van der Waals surface area contributed by atoms with Gasteiger partial charge in [0.05, 0.1) is 65.1 Å². The predicted molar refractivity (Wildman–Crippen MR) is 308 cm³/mol. The third kappa shape index (κ3) is 18.4. The number of nitrogens with one attached hydrogen (secondary N) is 6. The number of halogens is 5. The number of methoxy groups -OCH3 is 2. The smallest absolute Gasteiger partial charge is 0.391 e. The van der Waals surface area contributed by atoms with Gasteiger partial charge in [-0.1, -0.05) is 49.9 Å². The van der Waals surface area contributed by atoms with Crippen molar-refractivity contribution in [2.75, 3.05) is 66.7 Å². The molecule has 2 aromatic carbocycles. The number of ether oxygens (including phenoxy) is 4. The summed E-state index contributed by atoms with van der Waals surface area (Å²) in [6.07, 6.45) is 1.16. The SMILES string of the molecule is COc1ccc(CC(NC(=O)C(C)NC(=O)CN2CCC(C(F)(F)F)CC2)C(=O)NC(CC2CCC(c3cc(CC(NC(=O)C(C)NC(=O)CN4CCC(F)(F)C4)C(=O)NC(CC4CCCC4)C(=O)C4(C)CO4)ccc3OC)C2)C(=O)C2(C)CO2)cc1. The zero-order chi connectivity index (χ0) is 63.0. The van der Waals surface area contributed by atoms with Crippen molar-refractivity contribution in [3.8, 4) is 11.5 Å². The maximum absolute atomic E-state index is 14.6. The number of hydrogen-bond donors (Lipinski definition) is 6. The summed E-state index contributed by atoms with van der Waals surface area (Å²) in [5.74, 6) is -7.89. The van der Waals surface area contributed by atoms with E-state index >= 15 is 0 Å². The van der Waals surface area contributed by atoms with Crippen LogP contribution in [-0.2, 0) is 60.7 Å². The average molecular weight is 1230 g/mol. The van der Waals surface area contributed by atoms with E-state index in [-0.39, 0.29) is 114 Å². The second kappa shape index (κ2) is 28.5. The Kier molecular flexibility index (Phi) is 21.8. The number of benzene rings is 2. The molecule has 6 amide bonds. The van der Waals surface area contributed by atoms with Gasteiger partial charge in [0.1, 0.15) is 46.9 Å². The molecule has 2 saturated carbocycles. The Bertz CT molecular complexity index is 2800. The first-order chi connectivity index (χ1) is 41.1. The van der Waals surface area contributed by atoms with Gasteiger partial charge in [-0.2, -0.15) is 13.2 Å². The fourth-order valence-corrected chi connectivity index (χ4v) is 12.7. The number of amides is 6. The summed E-state index contributed by atoms with van der Waals surface area (Å²) in [6, 6.07) is 5.47. The van der Waals surface area contributed by atoms with Crippen molar-refractivity contribution in [3.05, 3.63) is 59.2 Å². The molecule has 4 saturated heterocycles. The highest BCUT2D eigenvalue weighted by Crippen LogP contribution is 2.45. The van der Waals surface area contributed by atoms with Crippen molar-refractivity contribution in [2.45, 2.75) is 183 Å². The highest BCUT2D eigenvalue weighted by Gasteiger charge is 2.52. The van der Waals surface area contributed by atoms with Gasteiger partial charge in [-0.05, 0) is 138 Å². The van der Waals surface area contributed by atoms with Gasteiger partial charge in [-0.15, -0.1) is 0 Å². The number of Topliss-reactive ketones (excluding diaryl/α,β-unsaturated/α-hetero) is 2. The number of likely N-dealkylation sites (tertiary alicyclic amines) is 2. The second-order valence-corrected chi connectivity index (χ2v) is 25.3. The minimum absolute atomic E-state index is 0.0154. The lowest BCUT2D eigenvalue weighted by molar-refractivity contribution is -0.185. The van der Waals surface area contributed by atoms with Gasteiger partial charge >= 0.3 is 6.18 Å². The highest BCUT2D eigenvalue weighted by atomic mass is 19.4. The Hall–Kier alpha value is -6.31. The third-order valence-electron chi connectivity index (χ3n) is 18.2. The molecule has 10 unspecified atom stereocenters. The fraction of sp³-hybridized carbons (Fsp3) is 0.677. The summed E-state index contributed by atoms with van der Waals surface area (Å²) in [6.45, 7) is 5.52. The molecule has 2 aliphatic carbocycles. The fourth-order valence-electron chi connectivity index (χ4n) is 12.7. The van der Waals surface area contributed by atoms with Gasteiger partial charge in [0, 0.05) is 25.8 Å². The number of hydrogen-bond acceptors (Lipinski definition) is 14. The van der Waals surface area contributed by atoms with Crippen LogP contribution in [0.5, 0.6) is 11.5 Å². The van der Waals surface area contributed by atoms with Crippen molar-refractivity contribution < 1.29 is 79.3 Å². The molecule has 0 spiro atoms. The van der Waals surface area contributed by atoms with E-state index in [1.165, 1.54) is 33.0 Å². The molecule has 8 rings (SSSR count). The van der Waals surface area contributed by atoms with Crippen LogP contribution in [0.2, 0.25) is 0 Å². The first-order valence-corrected chi connectivity index (χ1v) is 30.5. The Balaban J connectivity index is 0.958. The van der Waals surface area contributed by atoms with Crippen molar-refractivity contribution in [1.82, 2.24) is 41.7 Å². The van der Waals surface area contributed by atoms with Crippen LogP contribution in [-0.4, -0.2) is 183 Å². The summed E-state index contributed by atoms with van der Waals surface area (Å²) in [5, 5.41) is 16.6. The van der Waals surface area contributed by atoms with Crippen molar-refractivity contribution in [2.24, 2.45) is 17.8 Å². The number of nitrogens with zero attached hydrogens (tertiary/aromatic N) is 2. The number of piperidine rings is 1. The van der Waals surface area contributed by atoms with E-state index in [1.807, 2.05) is 6.07 Å². The van der Waals surface area contributed by atoms with Crippen LogP contribution in [0.1, 0.15) is 127 Å². The number of ketones is 2. The van der Waals surface area contributed by atoms with Gasteiger partial charge in [0.2, 0.25) is 35.4 Å². The molecule has 0 radical (unpaired) electrons. The minimum atomic E-state index is -4.32. The van der Waals surface area contributed by atoms with E-state index in [9.17, 15) is 60.3 Å². The van der Waals surface area contributed by atoms with Gasteiger partial charge in [0.15, 0.2) is 11.6 Å². The molecule has 6 N–H and O–H groups in total. The van der Waals surface area contributed by atoms with Crippen molar-refractivity contribution in [1.29, 1.82) is 0 Å². The molecule has 25 heteroatoms. The molecule has 4 aliphatic heterocycles. The van der Waals surface area contributed by atoms with Gasteiger partial charge in [-0.25, -0.2) is 8.78 Å². The number of rotatable bonds is 29. The Labute approximate surface area is 504 Å². The van der Waals surface area contributed by atoms with Crippen LogP contribution >= 0.6 is 0 Å². The first kappa shape index (κ1) is 66.6. The van der Waals surface area contributed by atoms with Crippen LogP contribution in [0.25, 0.3) is 0 Å². The molecule has 87 heavy (non-hydrogen) atoms. The monoisotopic (exact) mass is 1230 g/mol. The van der Waals surface area contributed by atoms with E-state index in [4.69, 9.17) is 18.9 Å². The summed E-state index contributed by atoms with van der Waals surface area (Å²) in [5.41, 5.74) is -0.147. The molecule has 4 heterocycles. The molecule has 0 aromatic heterocycles. The van der Waals surface area contributed by atoms with Gasteiger partial charge in [0.25, 0.3) is 5.92 Å². The largest absolute Gasteiger partial charge is 0.497 e. The molecule has 2 aromatic rings. The normalized spacial score (nSPS) is 25.2. The summed E-state index contributed by atoms with van der Waals surface area (Å²) < 4.78 is 90.0. The quantitative estimate of drug-likeness (QED) is 0.0480. The number of carbonyl (C=O) groups excluding carboxylic acids is 8. The average Bonchev–Trinajstić information content (AvgIpc) is 2.38. The van der Waals surface area contributed by atoms with E-state index < -0.39 is 107 Å². The maximum atomic E-state index is 14.6. The van der Waals surface area contributed by atoms with Crippen LogP contribution < -0.4 is 41.4 Å². The second-order valence-electron chi connectivity index (χ2n) is 25.3. The molecular weight excluding hydrogens is 1140 g/mol. The molecule has 6 aliphatic rings. The lowest BCUT2D eigenvalue weighted by atomic mass is 9.88. The van der Waals surface area contributed by atoms with Crippen molar-refractivity contribution in [3.63, 3.8) is 0 Å². The molecule has 0 bridgehead atoms. The van der Waals surface area contributed by atoms with Crippen LogP contribution in [0.4, 0.5) is 22.0 Å². The lowest BCUT2D eigenvalue weighted by Crippen LogP contribution is -2.57. The summed E-state index contributed by atoms with van der Waals surface area (Å²) in [7, 11) is 3.03. The maximum Gasteiger partial charge on any atom is 0.391 e. The third-order valence-corrected chi connectivity index (χ3v) is 18.2. The number of carbonyl (C=O) groups is 8. The van der Waals surface area contributed by atoms with Crippen molar-refractivity contribution >= 4 is 47.0 Å². The standard InChI is InChI=1S/C62H85F5N8O12/c1-36(68-51(76)31-74-22-19-43(20-23-74)62(65,66)67)55(80)72-48(28-39-12-16-44(84-5)17-13-39)57(82)71-47(54(79)60(4)35-87-60)29-40-11-15-42(25-40)45-26-41(14-18-50(45)85-6)30-49(73-56(81)37(2)69-52(77)32-75-24-21-61(63,64)33-75)58(83)70-46(27-38-9-7-8-10-38)53(78)59(3)34-86-59/h12-14,16-18,26,36-38,40,42-43,46-49H,7-11,15,19-25,27-35H2,1-6H3,(H,68,76)(H,69,77)(H,70,83)(H,71,82)(H,72,80)(H,73,81). The van der Waals surface area contributed by atoms with E-state index in [1.54, 1.807) is 55.1 Å². The van der Waals surface area contributed by atoms with Crippen LogP contribution in [0, 0.1) is 17.8 Å². The highest BCUT2D eigenvalue weighted by molar-refractivity contribution is 5.99. The molecular formula is C62H85F5N8O12. The molecule has 20 nitrogen and oxygen atoms in total. The summed E-state index contributed by atoms with van der Waals surface area (Å²) >= 11 is 0. The Morgan fingerprint density at radius 1 is 0.609 bits per heavy atom. The van der Waals surface area contributed by atoms with E-state index in [0.717, 1.165) is 31.2 Å². The zero-order valence-electron chi connectivity index (χ0n) is 50.6. The summed E-state index contributed by atoms with van der Waals surface area (Å²) in [4.78, 5) is 114. The van der Waals surface area contributed by atoms with Crippen LogP contribution in [0.3, 0.4) is 0 Å². The predicted octanol–water partition coefficient (Wildman–Crippen LogP) is 4.62. The lowest BCUT2D eigenvalue weighted by Gasteiger charge is -2.32.